The van der Waals surface area contributed by atoms with Gasteiger partial charge in [0, 0.05) is 5.69 Å². The molecule has 5 heteroatoms. The van der Waals surface area contributed by atoms with Crippen LogP contribution in [0.25, 0.3) is 0 Å². The molecule has 3 N–H and O–H groups in total. The summed E-state index contributed by atoms with van der Waals surface area (Å²) >= 11 is 0. The van der Waals surface area contributed by atoms with Crippen LogP contribution in [0.5, 0.6) is 5.88 Å². The summed E-state index contributed by atoms with van der Waals surface area (Å²) in [6.07, 6.45) is 0. The lowest BCUT2D eigenvalue weighted by atomic mass is 10.1. The molecule has 1 rings (SSSR count). The van der Waals surface area contributed by atoms with Gasteiger partial charge < -0.3 is 15.2 Å². The molecule has 0 saturated heterocycles. The van der Waals surface area contributed by atoms with Crippen LogP contribution < -0.4 is 10.5 Å². The maximum atomic E-state index is 7.59. The zero-order valence-electron chi connectivity index (χ0n) is 12.3. The molecule has 1 heterocycles. The third-order valence-electron chi connectivity index (χ3n) is 2.44. The molecule has 0 radical (unpaired) electrons. The first-order valence-corrected chi connectivity index (χ1v) is 6.30. The fraction of sp³-hybridized carbons (Fsp3) is 0.571. The molecular formula is C14H23N3O2. The number of rotatable bonds is 5. The highest BCUT2D eigenvalue weighted by Gasteiger charge is 2.14. The van der Waals surface area contributed by atoms with Gasteiger partial charge in [0.25, 0.3) is 0 Å². The van der Waals surface area contributed by atoms with Gasteiger partial charge >= 0.3 is 0 Å². The van der Waals surface area contributed by atoms with Crippen molar-refractivity contribution in [2.75, 3.05) is 13.2 Å². The Labute approximate surface area is 114 Å². The summed E-state index contributed by atoms with van der Waals surface area (Å²) in [5.41, 5.74) is 7.67. The number of nitrogen functional groups attached to an aromatic ring is 1. The molecule has 0 aliphatic heterocycles. The van der Waals surface area contributed by atoms with E-state index in [9.17, 15) is 0 Å². The van der Waals surface area contributed by atoms with Crippen LogP contribution in [0.1, 0.15) is 37.6 Å². The van der Waals surface area contributed by atoms with E-state index in [0.717, 1.165) is 11.3 Å². The van der Waals surface area contributed by atoms with Crippen molar-refractivity contribution in [3.8, 4) is 5.88 Å². The highest BCUT2D eigenvalue weighted by Crippen LogP contribution is 2.20. The molecule has 0 spiro atoms. The topological polar surface area (TPSA) is 81.2 Å². The maximum Gasteiger partial charge on any atom is 0.225 e. The molecule has 5 nitrogen and oxygen atoms in total. The van der Waals surface area contributed by atoms with Crippen LogP contribution in [0.3, 0.4) is 0 Å². The third-order valence-corrected chi connectivity index (χ3v) is 2.44. The minimum Gasteiger partial charge on any atom is -0.475 e. The SMILES string of the molecule is Cc1cc(C)c(C(=N)N)c(OCCOC(C)(C)C)n1. The first-order valence-electron chi connectivity index (χ1n) is 6.30. The summed E-state index contributed by atoms with van der Waals surface area (Å²) in [6.45, 7) is 10.6. The Bertz CT molecular complexity index is 464. The third kappa shape index (κ3) is 4.87. The Morgan fingerprint density at radius 1 is 1.32 bits per heavy atom. The van der Waals surface area contributed by atoms with E-state index in [1.165, 1.54) is 0 Å². The zero-order valence-corrected chi connectivity index (χ0v) is 12.3. The van der Waals surface area contributed by atoms with E-state index < -0.39 is 0 Å². The van der Waals surface area contributed by atoms with Gasteiger partial charge in [-0.3, -0.25) is 5.41 Å². The summed E-state index contributed by atoms with van der Waals surface area (Å²) in [6, 6.07) is 1.88. The Morgan fingerprint density at radius 3 is 2.47 bits per heavy atom. The molecule has 0 amide bonds. The van der Waals surface area contributed by atoms with E-state index >= 15 is 0 Å². The van der Waals surface area contributed by atoms with E-state index in [4.69, 9.17) is 20.6 Å². The second-order valence-electron chi connectivity index (χ2n) is 5.48. The van der Waals surface area contributed by atoms with Gasteiger partial charge in [0.2, 0.25) is 5.88 Å². The van der Waals surface area contributed by atoms with Gasteiger partial charge in [-0.25, -0.2) is 4.98 Å². The van der Waals surface area contributed by atoms with Crippen molar-refractivity contribution in [3.63, 3.8) is 0 Å². The smallest absolute Gasteiger partial charge is 0.225 e. The number of hydrogen-bond acceptors (Lipinski definition) is 4. The monoisotopic (exact) mass is 265 g/mol. The summed E-state index contributed by atoms with van der Waals surface area (Å²) in [7, 11) is 0. The number of pyridine rings is 1. The minimum absolute atomic E-state index is 0.0308. The Kier molecular flexibility index (Phi) is 4.89. The standard InChI is InChI=1S/C14H23N3O2/c1-9-8-10(2)17-13(11(9)12(15)16)18-6-7-19-14(3,4)5/h8H,6-7H2,1-5H3,(H3,15,16). The predicted molar refractivity (Wildman–Crippen MR) is 75.9 cm³/mol. The Morgan fingerprint density at radius 2 is 1.95 bits per heavy atom. The van der Waals surface area contributed by atoms with Crippen molar-refractivity contribution in [2.45, 2.75) is 40.2 Å². The molecule has 19 heavy (non-hydrogen) atoms. The van der Waals surface area contributed by atoms with Gasteiger partial charge in [-0.15, -0.1) is 0 Å². The first kappa shape index (κ1) is 15.4. The average Bonchev–Trinajstić information content (AvgIpc) is 2.21. The Balaban J connectivity index is 2.75. The predicted octanol–water partition coefficient (Wildman–Crippen LogP) is 2.18. The van der Waals surface area contributed by atoms with Crippen LogP contribution in [-0.2, 0) is 4.74 Å². The van der Waals surface area contributed by atoms with Crippen LogP contribution >= 0.6 is 0 Å². The fourth-order valence-corrected chi connectivity index (χ4v) is 1.72. The molecule has 0 aliphatic rings. The van der Waals surface area contributed by atoms with E-state index in [1.807, 2.05) is 40.7 Å². The lowest BCUT2D eigenvalue weighted by Gasteiger charge is -2.20. The van der Waals surface area contributed by atoms with Crippen LogP contribution in [0.2, 0.25) is 0 Å². The van der Waals surface area contributed by atoms with Crippen LogP contribution in [0.4, 0.5) is 0 Å². The van der Waals surface area contributed by atoms with Gasteiger partial charge in [0.15, 0.2) is 0 Å². The van der Waals surface area contributed by atoms with Crippen molar-refractivity contribution in [1.82, 2.24) is 4.98 Å². The number of nitrogens with zero attached hydrogens (tertiary/aromatic N) is 1. The van der Waals surface area contributed by atoms with E-state index in [-0.39, 0.29) is 11.4 Å². The number of aryl methyl sites for hydroxylation is 2. The quantitative estimate of drug-likeness (QED) is 0.485. The summed E-state index contributed by atoms with van der Waals surface area (Å²) in [5, 5.41) is 7.59. The minimum atomic E-state index is -0.192. The maximum absolute atomic E-state index is 7.59. The summed E-state index contributed by atoms with van der Waals surface area (Å²) < 4.78 is 11.2. The van der Waals surface area contributed by atoms with E-state index in [2.05, 4.69) is 4.98 Å². The molecular weight excluding hydrogens is 242 g/mol. The lowest BCUT2D eigenvalue weighted by Crippen LogP contribution is -2.23. The molecule has 106 valence electrons. The van der Waals surface area contributed by atoms with Crippen molar-refractivity contribution in [2.24, 2.45) is 5.73 Å². The molecule has 0 aromatic carbocycles. The lowest BCUT2D eigenvalue weighted by molar-refractivity contribution is -0.0168. The van der Waals surface area contributed by atoms with Gasteiger partial charge in [-0.1, -0.05) is 0 Å². The van der Waals surface area contributed by atoms with Crippen molar-refractivity contribution in [3.05, 3.63) is 22.9 Å². The number of aromatic nitrogens is 1. The van der Waals surface area contributed by atoms with Gasteiger partial charge in [0.1, 0.15) is 12.4 Å². The van der Waals surface area contributed by atoms with E-state index in [0.29, 0.717) is 24.7 Å². The number of hydrogen-bond donors (Lipinski definition) is 2. The van der Waals surface area contributed by atoms with E-state index in [1.54, 1.807) is 0 Å². The van der Waals surface area contributed by atoms with Gasteiger partial charge in [-0.05, 0) is 46.2 Å². The molecule has 1 aromatic heterocycles. The number of nitrogens with one attached hydrogen (secondary N) is 1. The second kappa shape index (κ2) is 6.02. The molecule has 0 aliphatic carbocycles. The number of amidine groups is 1. The molecule has 0 saturated carbocycles. The summed E-state index contributed by atoms with van der Waals surface area (Å²) in [4.78, 5) is 4.29. The zero-order chi connectivity index (χ0) is 14.6. The molecule has 1 aromatic rings. The molecule has 0 fully saturated rings. The Hall–Kier alpha value is -1.62. The van der Waals surface area contributed by atoms with Gasteiger partial charge in [-0.2, -0.15) is 0 Å². The van der Waals surface area contributed by atoms with Gasteiger partial charge in [0.05, 0.1) is 17.8 Å². The normalized spacial score (nSPS) is 11.4. The van der Waals surface area contributed by atoms with Crippen LogP contribution in [0.15, 0.2) is 6.07 Å². The average molecular weight is 265 g/mol. The van der Waals surface area contributed by atoms with Crippen LogP contribution in [0, 0.1) is 19.3 Å². The summed E-state index contributed by atoms with van der Waals surface area (Å²) in [5.74, 6) is 0.374. The molecule has 0 bridgehead atoms. The first-order chi connectivity index (χ1) is 8.70. The number of nitrogens with two attached hydrogens (primary N) is 1. The largest absolute Gasteiger partial charge is 0.475 e. The van der Waals surface area contributed by atoms with Crippen molar-refractivity contribution < 1.29 is 9.47 Å². The highest BCUT2D eigenvalue weighted by atomic mass is 16.5. The van der Waals surface area contributed by atoms with Crippen molar-refractivity contribution >= 4 is 5.84 Å². The highest BCUT2D eigenvalue weighted by molar-refractivity contribution is 5.98. The number of ether oxygens (including phenoxy) is 2. The second-order valence-corrected chi connectivity index (χ2v) is 5.48. The van der Waals surface area contributed by atoms with Crippen LogP contribution in [-0.4, -0.2) is 29.6 Å². The molecule has 0 atom stereocenters. The molecule has 0 unspecified atom stereocenters. The van der Waals surface area contributed by atoms with Crippen molar-refractivity contribution in [1.29, 1.82) is 5.41 Å². The fourth-order valence-electron chi connectivity index (χ4n) is 1.72.